The number of hydrogen-bond donors (Lipinski definition) is 2. The summed E-state index contributed by atoms with van der Waals surface area (Å²) in [6.07, 6.45) is -1.12. The first-order valence-electron chi connectivity index (χ1n) is 8.65. The van der Waals surface area contributed by atoms with Gasteiger partial charge in [-0.3, -0.25) is 0 Å². The molecule has 0 unspecified atom stereocenters. The average molecular weight is 431 g/mol. The van der Waals surface area contributed by atoms with E-state index in [-0.39, 0.29) is 11.4 Å². The summed E-state index contributed by atoms with van der Waals surface area (Å²) >= 11 is 1.50. The molecule has 0 atom stereocenters. The molecule has 1 heterocycles. The van der Waals surface area contributed by atoms with Crippen molar-refractivity contribution < 1.29 is 22.7 Å². The number of carbonyl (C=O) groups excluding carboxylic acids is 1. The van der Waals surface area contributed by atoms with Crippen molar-refractivity contribution in [2.75, 3.05) is 5.32 Å². The van der Waals surface area contributed by atoms with Crippen LogP contribution in [-0.2, 0) is 0 Å². The van der Waals surface area contributed by atoms with E-state index in [1.165, 1.54) is 23.5 Å². The maximum Gasteiger partial charge on any atom is 0.573 e. The number of allylic oxidation sites excluding steroid dienone is 1. The Labute approximate surface area is 174 Å². The molecule has 3 aromatic rings. The number of nitrogens with zero attached hydrogens (tertiary/aromatic N) is 1. The lowest BCUT2D eigenvalue weighted by Gasteiger charge is -2.10. The molecule has 2 aromatic carbocycles. The zero-order valence-corrected chi connectivity index (χ0v) is 16.2. The smallest absolute Gasteiger partial charge is 0.406 e. The van der Waals surface area contributed by atoms with Gasteiger partial charge in [-0.15, -0.1) is 13.2 Å². The van der Waals surface area contributed by atoms with Crippen molar-refractivity contribution in [3.05, 3.63) is 88.6 Å². The van der Waals surface area contributed by atoms with E-state index < -0.39 is 12.4 Å². The maximum absolute atomic E-state index is 12.2. The minimum atomic E-state index is -4.77. The van der Waals surface area contributed by atoms with Gasteiger partial charge in [0.25, 0.3) is 0 Å². The van der Waals surface area contributed by atoms with E-state index >= 15 is 0 Å². The number of hydrazone groups is 1. The van der Waals surface area contributed by atoms with Crippen LogP contribution in [0.15, 0.2) is 82.6 Å². The molecule has 3 rings (SSSR count). The normalized spacial score (nSPS) is 12.0. The number of ether oxygens (including phenoxy) is 1. The Morgan fingerprint density at radius 2 is 1.77 bits per heavy atom. The lowest BCUT2D eigenvalue weighted by Crippen LogP contribution is -2.25. The van der Waals surface area contributed by atoms with Crippen molar-refractivity contribution >= 4 is 34.8 Å². The van der Waals surface area contributed by atoms with Crippen LogP contribution in [0.25, 0.3) is 6.08 Å². The molecule has 154 valence electrons. The topological polar surface area (TPSA) is 62.7 Å². The molecule has 2 amide bonds. The first kappa shape index (κ1) is 21.1. The molecule has 0 aliphatic carbocycles. The summed E-state index contributed by atoms with van der Waals surface area (Å²) in [6, 6.07) is 15.6. The van der Waals surface area contributed by atoms with Gasteiger partial charge in [0, 0.05) is 16.6 Å². The number of halogens is 3. The van der Waals surface area contributed by atoms with Gasteiger partial charge in [0.15, 0.2) is 0 Å². The van der Waals surface area contributed by atoms with Crippen LogP contribution in [0.5, 0.6) is 5.75 Å². The zero-order chi connectivity index (χ0) is 21.4. The molecule has 2 N–H and O–H groups in total. The molecule has 9 heteroatoms. The summed E-state index contributed by atoms with van der Waals surface area (Å²) in [6.45, 7) is 0. The second-order valence-corrected chi connectivity index (χ2v) is 6.67. The number of amides is 2. The molecule has 0 saturated heterocycles. The number of hydrogen-bond acceptors (Lipinski definition) is 4. The summed E-state index contributed by atoms with van der Waals surface area (Å²) < 4.78 is 40.4. The van der Waals surface area contributed by atoms with Crippen molar-refractivity contribution in [2.45, 2.75) is 6.36 Å². The summed E-state index contributed by atoms with van der Waals surface area (Å²) in [5, 5.41) is 10.4. The predicted molar refractivity (Wildman–Crippen MR) is 112 cm³/mol. The summed E-state index contributed by atoms with van der Waals surface area (Å²) in [4.78, 5) is 12.1. The fraction of sp³-hybridized carbons (Fsp3) is 0.0476. The highest BCUT2D eigenvalue weighted by Gasteiger charge is 2.30. The molecule has 1 aromatic heterocycles. The first-order valence-corrected chi connectivity index (χ1v) is 9.59. The minimum Gasteiger partial charge on any atom is -0.406 e. The number of carbonyl (C=O) groups is 1. The third-order valence-electron chi connectivity index (χ3n) is 3.67. The quantitative estimate of drug-likeness (QED) is 0.378. The van der Waals surface area contributed by atoms with Gasteiger partial charge in [-0.2, -0.15) is 16.4 Å². The van der Waals surface area contributed by atoms with E-state index in [1.54, 1.807) is 6.08 Å². The highest BCUT2D eigenvalue weighted by molar-refractivity contribution is 7.08. The van der Waals surface area contributed by atoms with Gasteiger partial charge in [0.2, 0.25) is 0 Å². The molecule has 5 nitrogen and oxygen atoms in total. The van der Waals surface area contributed by atoms with Gasteiger partial charge in [0.05, 0.1) is 5.71 Å². The van der Waals surface area contributed by atoms with Crippen molar-refractivity contribution in [3.63, 3.8) is 0 Å². The second-order valence-electron chi connectivity index (χ2n) is 5.89. The van der Waals surface area contributed by atoms with Gasteiger partial charge >= 0.3 is 12.4 Å². The Kier molecular flexibility index (Phi) is 6.87. The number of alkyl halides is 3. The van der Waals surface area contributed by atoms with Gasteiger partial charge in [0.1, 0.15) is 5.75 Å². The van der Waals surface area contributed by atoms with Gasteiger partial charge in [-0.1, -0.05) is 36.4 Å². The Bertz CT molecular complexity index is 1020. The monoisotopic (exact) mass is 431 g/mol. The molecule has 0 spiro atoms. The highest BCUT2D eigenvalue weighted by Crippen LogP contribution is 2.23. The maximum atomic E-state index is 12.2. The molecule has 0 radical (unpaired) electrons. The Morgan fingerprint density at radius 1 is 1.03 bits per heavy atom. The van der Waals surface area contributed by atoms with Crippen LogP contribution in [0.1, 0.15) is 11.1 Å². The number of thiophene rings is 1. The highest BCUT2D eigenvalue weighted by atomic mass is 32.1. The Balaban J connectivity index is 1.65. The first-order chi connectivity index (χ1) is 14.4. The van der Waals surface area contributed by atoms with Gasteiger partial charge in [-0.05, 0) is 47.4 Å². The molecule has 0 aliphatic heterocycles. The number of benzene rings is 2. The Morgan fingerprint density at radius 3 is 2.40 bits per heavy atom. The van der Waals surface area contributed by atoms with Gasteiger partial charge in [-0.25, -0.2) is 10.2 Å². The van der Waals surface area contributed by atoms with Crippen LogP contribution in [0, 0.1) is 0 Å². The second kappa shape index (κ2) is 9.75. The van der Waals surface area contributed by atoms with Crippen molar-refractivity contribution in [1.82, 2.24) is 5.43 Å². The third-order valence-corrected chi connectivity index (χ3v) is 4.36. The van der Waals surface area contributed by atoms with E-state index in [1.807, 2.05) is 53.2 Å². The van der Waals surface area contributed by atoms with Crippen LogP contribution in [0.4, 0.5) is 23.7 Å². The van der Waals surface area contributed by atoms with E-state index in [0.29, 0.717) is 5.71 Å². The number of nitrogens with one attached hydrogen (secondary N) is 2. The summed E-state index contributed by atoms with van der Waals surface area (Å²) in [5.41, 5.74) is 5.03. The molecule has 0 bridgehead atoms. The van der Waals surface area contributed by atoms with E-state index in [9.17, 15) is 18.0 Å². The van der Waals surface area contributed by atoms with Crippen LogP contribution in [0.3, 0.4) is 0 Å². The summed E-state index contributed by atoms with van der Waals surface area (Å²) in [7, 11) is 0. The Hall–Kier alpha value is -3.59. The lowest BCUT2D eigenvalue weighted by atomic mass is 10.1. The molecule has 30 heavy (non-hydrogen) atoms. The molecular weight excluding hydrogens is 415 g/mol. The van der Waals surface area contributed by atoms with Crippen molar-refractivity contribution in [2.24, 2.45) is 5.10 Å². The van der Waals surface area contributed by atoms with Crippen molar-refractivity contribution in [3.8, 4) is 5.75 Å². The predicted octanol–water partition coefficient (Wildman–Crippen LogP) is 5.89. The molecular formula is C21H16F3N3O2S. The van der Waals surface area contributed by atoms with Crippen LogP contribution < -0.4 is 15.5 Å². The van der Waals surface area contributed by atoms with E-state index in [4.69, 9.17) is 0 Å². The van der Waals surface area contributed by atoms with Gasteiger partial charge < -0.3 is 10.1 Å². The number of urea groups is 1. The largest absolute Gasteiger partial charge is 0.573 e. The molecule has 0 fully saturated rings. The molecule has 0 saturated carbocycles. The van der Waals surface area contributed by atoms with E-state index in [2.05, 4.69) is 20.6 Å². The average Bonchev–Trinajstić information content (AvgIpc) is 3.24. The fourth-order valence-electron chi connectivity index (χ4n) is 2.36. The lowest BCUT2D eigenvalue weighted by molar-refractivity contribution is -0.274. The molecule has 0 aliphatic rings. The van der Waals surface area contributed by atoms with Crippen LogP contribution in [-0.4, -0.2) is 18.1 Å². The van der Waals surface area contributed by atoms with Crippen LogP contribution in [0.2, 0.25) is 0 Å². The minimum absolute atomic E-state index is 0.286. The summed E-state index contributed by atoms with van der Waals surface area (Å²) in [5.74, 6) is -0.378. The fourth-order valence-corrected chi connectivity index (χ4v) is 3.01. The zero-order valence-electron chi connectivity index (χ0n) is 15.4. The van der Waals surface area contributed by atoms with E-state index in [0.717, 1.165) is 23.3 Å². The SMILES string of the molecule is O=C(NN=C(C=Cc1ccccc1)c1ccsc1)Nc1ccc(OC(F)(F)F)cc1. The van der Waals surface area contributed by atoms with Crippen LogP contribution >= 0.6 is 11.3 Å². The van der Waals surface area contributed by atoms with Crippen molar-refractivity contribution in [1.29, 1.82) is 0 Å². The standard InChI is InChI=1S/C21H16F3N3O2S/c22-21(23,24)29-18-9-7-17(8-10-18)25-20(28)27-26-19(16-12-13-30-14-16)11-6-15-4-2-1-3-5-15/h1-14H,(H2,25,27,28). The third kappa shape index (κ3) is 6.78. The number of rotatable bonds is 6. The number of anilines is 1.